The quantitative estimate of drug-likeness (QED) is 0.825. The molecule has 0 saturated carbocycles. The van der Waals surface area contributed by atoms with Crippen molar-refractivity contribution >= 4 is 0 Å². The molecule has 18 heavy (non-hydrogen) atoms. The van der Waals surface area contributed by atoms with Crippen molar-refractivity contribution in [1.82, 2.24) is 5.32 Å². The van der Waals surface area contributed by atoms with Crippen molar-refractivity contribution in [2.75, 3.05) is 32.9 Å². The molecule has 2 aliphatic heterocycles. The predicted octanol–water partition coefficient (Wildman–Crippen LogP) is 1.90. The number of ether oxygens (including phenoxy) is 3. The summed E-state index contributed by atoms with van der Waals surface area (Å²) in [5.74, 6) is 1.69. The smallest absolute Gasteiger partial charge is 0.161 e. The van der Waals surface area contributed by atoms with Crippen LogP contribution in [0.15, 0.2) is 18.2 Å². The van der Waals surface area contributed by atoms with Crippen LogP contribution in [-0.2, 0) is 4.74 Å². The largest absolute Gasteiger partial charge is 0.490 e. The van der Waals surface area contributed by atoms with Crippen molar-refractivity contribution in [3.8, 4) is 11.5 Å². The molecule has 3 rings (SSSR count). The average Bonchev–Trinajstić information content (AvgIpc) is 2.80. The Morgan fingerprint density at radius 3 is 2.83 bits per heavy atom. The lowest BCUT2D eigenvalue weighted by molar-refractivity contribution is 0.0667. The maximum atomic E-state index is 5.85. The Morgan fingerprint density at radius 2 is 1.89 bits per heavy atom. The van der Waals surface area contributed by atoms with Crippen molar-refractivity contribution < 1.29 is 14.2 Å². The molecule has 1 aromatic carbocycles. The lowest BCUT2D eigenvalue weighted by atomic mass is 10.1. The first kappa shape index (κ1) is 11.8. The molecule has 1 N–H and O–H groups in total. The predicted molar refractivity (Wildman–Crippen MR) is 68.2 cm³/mol. The Bertz CT molecular complexity index is 400. The van der Waals surface area contributed by atoms with E-state index in [4.69, 9.17) is 14.2 Å². The minimum Gasteiger partial charge on any atom is -0.490 e. The third-order valence-electron chi connectivity index (χ3n) is 3.29. The zero-order valence-electron chi connectivity index (χ0n) is 10.5. The number of benzene rings is 1. The number of nitrogens with one attached hydrogen (secondary N) is 1. The van der Waals surface area contributed by atoms with E-state index in [1.807, 2.05) is 6.07 Å². The second-order valence-electron chi connectivity index (χ2n) is 4.67. The van der Waals surface area contributed by atoms with Gasteiger partial charge in [-0.15, -0.1) is 0 Å². The van der Waals surface area contributed by atoms with E-state index in [9.17, 15) is 0 Å². The highest BCUT2D eigenvalue weighted by Gasteiger charge is 2.18. The molecule has 4 nitrogen and oxygen atoms in total. The molecule has 4 heteroatoms. The molecule has 0 aliphatic carbocycles. The fourth-order valence-corrected chi connectivity index (χ4v) is 2.31. The molecule has 0 spiro atoms. The third kappa shape index (κ3) is 2.60. The molecule has 0 aromatic heterocycles. The van der Waals surface area contributed by atoms with E-state index in [-0.39, 0.29) is 6.10 Å². The summed E-state index contributed by atoms with van der Waals surface area (Å²) < 4.78 is 17.2. The molecule has 1 unspecified atom stereocenters. The Kier molecular flexibility index (Phi) is 3.67. The Labute approximate surface area is 107 Å². The van der Waals surface area contributed by atoms with Crippen LogP contribution in [-0.4, -0.2) is 32.9 Å². The van der Waals surface area contributed by atoms with E-state index in [0.29, 0.717) is 0 Å². The molecular weight excluding hydrogens is 230 g/mol. The minimum absolute atomic E-state index is 0.115. The molecule has 2 aliphatic rings. The molecular formula is C14H19NO3. The monoisotopic (exact) mass is 249 g/mol. The second kappa shape index (κ2) is 5.59. The van der Waals surface area contributed by atoms with E-state index < -0.39 is 0 Å². The molecule has 1 aromatic rings. The van der Waals surface area contributed by atoms with E-state index >= 15 is 0 Å². The van der Waals surface area contributed by atoms with Gasteiger partial charge < -0.3 is 19.5 Å². The van der Waals surface area contributed by atoms with Gasteiger partial charge in [0.05, 0.1) is 19.3 Å². The third-order valence-corrected chi connectivity index (χ3v) is 3.29. The highest BCUT2D eigenvalue weighted by Crippen LogP contribution is 2.33. The summed E-state index contributed by atoms with van der Waals surface area (Å²) in [5, 5.41) is 3.39. The van der Waals surface area contributed by atoms with E-state index in [0.717, 1.165) is 62.8 Å². The number of fused-ring (bicyclic) bond motifs is 1. The molecule has 1 atom stereocenters. The summed E-state index contributed by atoms with van der Waals surface area (Å²) in [7, 11) is 0. The summed E-state index contributed by atoms with van der Waals surface area (Å²) in [6.07, 6.45) is 2.12. The van der Waals surface area contributed by atoms with Crippen LogP contribution < -0.4 is 14.8 Å². The Hall–Kier alpha value is -1.26. The van der Waals surface area contributed by atoms with E-state index in [1.54, 1.807) is 0 Å². The minimum atomic E-state index is 0.115. The summed E-state index contributed by atoms with van der Waals surface area (Å²) in [5.41, 5.74) is 1.16. The zero-order chi connectivity index (χ0) is 12.2. The summed E-state index contributed by atoms with van der Waals surface area (Å²) in [6, 6.07) is 6.12. The Morgan fingerprint density at radius 1 is 1.00 bits per heavy atom. The lowest BCUT2D eigenvalue weighted by Crippen LogP contribution is -2.20. The van der Waals surface area contributed by atoms with Crippen LogP contribution in [0.25, 0.3) is 0 Å². The topological polar surface area (TPSA) is 39.7 Å². The fraction of sp³-hybridized carbons (Fsp3) is 0.571. The van der Waals surface area contributed by atoms with Gasteiger partial charge in [0, 0.05) is 19.6 Å². The molecule has 0 bridgehead atoms. The maximum absolute atomic E-state index is 5.85. The maximum Gasteiger partial charge on any atom is 0.161 e. The van der Waals surface area contributed by atoms with E-state index in [1.165, 1.54) is 0 Å². The van der Waals surface area contributed by atoms with Gasteiger partial charge in [-0.05, 0) is 30.7 Å². The lowest BCUT2D eigenvalue weighted by Gasteiger charge is -2.17. The normalized spacial score (nSPS) is 24.1. The molecule has 0 radical (unpaired) electrons. The van der Waals surface area contributed by atoms with Crippen LogP contribution in [0.5, 0.6) is 11.5 Å². The molecule has 1 saturated heterocycles. The van der Waals surface area contributed by atoms with Crippen LogP contribution in [0.3, 0.4) is 0 Å². The second-order valence-corrected chi connectivity index (χ2v) is 4.67. The summed E-state index contributed by atoms with van der Waals surface area (Å²) in [6.45, 7) is 4.15. The molecule has 2 heterocycles. The van der Waals surface area contributed by atoms with Gasteiger partial charge in [-0.1, -0.05) is 6.07 Å². The average molecular weight is 249 g/mol. The van der Waals surface area contributed by atoms with Crippen molar-refractivity contribution in [3.63, 3.8) is 0 Å². The summed E-state index contributed by atoms with van der Waals surface area (Å²) >= 11 is 0. The molecule has 0 amide bonds. The van der Waals surface area contributed by atoms with Crippen LogP contribution in [0, 0.1) is 0 Å². The first-order chi connectivity index (χ1) is 8.93. The number of rotatable bonds is 1. The first-order valence-corrected chi connectivity index (χ1v) is 6.65. The van der Waals surface area contributed by atoms with Gasteiger partial charge in [-0.25, -0.2) is 0 Å². The SMILES string of the molecule is c1cc2c(cc1C1CNCCCO1)OCCCO2. The highest BCUT2D eigenvalue weighted by molar-refractivity contribution is 5.44. The van der Waals surface area contributed by atoms with Crippen molar-refractivity contribution in [2.24, 2.45) is 0 Å². The van der Waals surface area contributed by atoms with Gasteiger partial charge in [-0.2, -0.15) is 0 Å². The van der Waals surface area contributed by atoms with Crippen molar-refractivity contribution in [2.45, 2.75) is 18.9 Å². The number of hydrogen-bond donors (Lipinski definition) is 1. The van der Waals surface area contributed by atoms with Gasteiger partial charge in [0.15, 0.2) is 11.5 Å². The van der Waals surface area contributed by atoms with Crippen molar-refractivity contribution in [1.29, 1.82) is 0 Å². The molecule has 1 fully saturated rings. The highest BCUT2D eigenvalue weighted by atomic mass is 16.5. The van der Waals surface area contributed by atoms with Crippen molar-refractivity contribution in [3.05, 3.63) is 23.8 Å². The van der Waals surface area contributed by atoms with Crippen LogP contribution in [0.2, 0.25) is 0 Å². The zero-order valence-corrected chi connectivity index (χ0v) is 10.5. The molecule has 98 valence electrons. The van der Waals surface area contributed by atoms with E-state index in [2.05, 4.69) is 17.4 Å². The van der Waals surface area contributed by atoms with Crippen LogP contribution in [0.4, 0.5) is 0 Å². The van der Waals surface area contributed by atoms with Gasteiger partial charge in [0.25, 0.3) is 0 Å². The number of hydrogen-bond acceptors (Lipinski definition) is 4. The van der Waals surface area contributed by atoms with Gasteiger partial charge in [0.2, 0.25) is 0 Å². The van der Waals surface area contributed by atoms with Crippen LogP contribution >= 0.6 is 0 Å². The van der Waals surface area contributed by atoms with Crippen LogP contribution in [0.1, 0.15) is 24.5 Å². The summed E-state index contributed by atoms with van der Waals surface area (Å²) in [4.78, 5) is 0. The first-order valence-electron chi connectivity index (χ1n) is 6.65. The van der Waals surface area contributed by atoms with Gasteiger partial charge in [-0.3, -0.25) is 0 Å². The Balaban J connectivity index is 1.81. The fourth-order valence-electron chi connectivity index (χ4n) is 2.31. The van der Waals surface area contributed by atoms with Gasteiger partial charge >= 0.3 is 0 Å². The standard InChI is InChI=1S/C14H19NO3/c1-5-15-10-14(18-6-1)11-3-4-12-13(9-11)17-8-2-7-16-12/h3-4,9,14-15H,1-2,5-8,10H2. The van der Waals surface area contributed by atoms with Gasteiger partial charge in [0.1, 0.15) is 0 Å².